The van der Waals surface area contributed by atoms with Crippen molar-refractivity contribution in [3.05, 3.63) is 40.3 Å². The van der Waals surface area contributed by atoms with Gasteiger partial charge in [0.05, 0.1) is 19.8 Å². The van der Waals surface area contributed by atoms with Crippen LogP contribution in [0, 0.1) is 11.3 Å². The summed E-state index contributed by atoms with van der Waals surface area (Å²) in [5, 5.41) is 8.74. The lowest BCUT2D eigenvalue weighted by Gasteiger charge is -2.28. The minimum atomic E-state index is -0.256. The third kappa shape index (κ3) is 8.42. The normalized spacial score (nSPS) is 14.0. The largest absolute Gasteiger partial charge is 0.479 e. The van der Waals surface area contributed by atoms with E-state index in [1.54, 1.807) is 4.57 Å². The first-order valence-electron chi connectivity index (χ1n) is 14.1. The number of fused-ring (bicyclic) bond motifs is 1. The molecule has 1 saturated heterocycles. The number of ether oxygens (including phenoxy) is 3. The Hall–Kier alpha value is -3.66. The number of aromatic nitrogens is 4. The van der Waals surface area contributed by atoms with Crippen LogP contribution in [-0.2, 0) is 17.8 Å². The number of nitrogen functional groups attached to an aromatic ring is 1. The first-order chi connectivity index (χ1) is 19.6. The summed E-state index contributed by atoms with van der Waals surface area (Å²) in [6, 6.07) is 10.0. The highest BCUT2D eigenvalue weighted by Crippen LogP contribution is 2.19. The highest BCUT2D eigenvalue weighted by molar-refractivity contribution is 5.81. The number of H-pyrrole nitrogens is 1. The van der Waals surface area contributed by atoms with Crippen LogP contribution < -0.4 is 20.9 Å². The third-order valence-corrected chi connectivity index (χ3v) is 6.90. The van der Waals surface area contributed by atoms with E-state index >= 15 is 0 Å². The third-order valence-electron chi connectivity index (χ3n) is 6.90. The molecule has 3 aromatic rings. The maximum Gasteiger partial charge on any atom is 0.327 e. The van der Waals surface area contributed by atoms with Crippen molar-refractivity contribution in [1.82, 2.24) is 29.3 Å². The molecule has 3 heterocycles. The molecule has 12 nitrogen and oxygen atoms in total. The number of hydrogen-bond acceptors (Lipinski definition) is 10. The van der Waals surface area contributed by atoms with Crippen molar-refractivity contribution in [2.75, 3.05) is 64.9 Å². The number of nitrogens with two attached hydrogens (primary N) is 1. The fourth-order valence-electron chi connectivity index (χ4n) is 4.74. The molecule has 0 amide bonds. The Kier molecular flexibility index (Phi) is 11.2. The maximum absolute atomic E-state index is 12.8. The molecule has 0 spiro atoms. The topological polar surface area (TPSA) is 148 Å². The van der Waals surface area contributed by atoms with Gasteiger partial charge in [-0.2, -0.15) is 15.2 Å². The Balaban J connectivity index is 1.40. The molecular formula is C28H40N8O4. The summed E-state index contributed by atoms with van der Waals surface area (Å²) in [6.07, 6.45) is 3.68. The summed E-state index contributed by atoms with van der Waals surface area (Å²) < 4.78 is 18.1. The number of nitriles is 1. The average molecular weight is 553 g/mol. The molecule has 12 heteroatoms. The Bertz CT molecular complexity index is 1290. The second-order valence-electron chi connectivity index (χ2n) is 9.90. The van der Waals surface area contributed by atoms with Crippen LogP contribution in [0.3, 0.4) is 0 Å². The van der Waals surface area contributed by atoms with Crippen molar-refractivity contribution in [2.45, 2.75) is 45.7 Å². The lowest BCUT2D eigenvalue weighted by atomic mass is 10.2. The van der Waals surface area contributed by atoms with Crippen LogP contribution in [0.4, 0.5) is 5.82 Å². The van der Waals surface area contributed by atoms with E-state index in [1.807, 2.05) is 30.3 Å². The van der Waals surface area contributed by atoms with Gasteiger partial charge in [0.25, 0.3) is 0 Å². The van der Waals surface area contributed by atoms with Crippen molar-refractivity contribution < 1.29 is 14.2 Å². The molecule has 1 aliphatic rings. The molecule has 1 aromatic carbocycles. The number of aryl methyl sites for hydroxylation is 1. The lowest BCUT2D eigenvalue weighted by Crippen LogP contribution is -2.38. The second-order valence-corrected chi connectivity index (χ2v) is 9.90. The number of nitrogens with one attached hydrogen (secondary N) is 1. The molecule has 4 rings (SSSR count). The zero-order chi connectivity index (χ0) is 28.2. The first-order valence-corrected chi connectivity index (χ1v) is 14.1. The van der Waals surface area contributed by atoms with Crippen LogP contribution >= 0.6 is 0 Å². The van der Waals surface area contributed by atoms with Gasteiger partial charge in [0.2, 0.25) is 0 Å². The van der Waals surface area contributed by atoms with Gasteiger partial charge in [-0.15, -0.1) is 0 Å². The lowest BCUT2D eigenvalue weighted by molar-refractivity contribution is 0.0359. The fourth-order valence-corrected chi connectivity index (χ4v) is 4.74. The molecule has 1 aliphatic heterocycles. The zero-order valence-corrected chi connectivity index (χ0v) is 23.3. The first kappa shape index (κ1) is 29.3. The van der Waals surface area contributed by atoms with E-state index in [2.05, 4.69) is 31.7 Å². The Morgan fingerprint density at radius 2 is 1.85 bits per heavy atom. The molecule has 0 bridgehead atoms. The average Bonchev–Trinajstić information content (AvgIpc) is 3.28. The second kappa shape index (κ2) is 15.2. The molecule has 0 radical (unpaired) electrons. The van der Waals surface area contributed by atoms with E-state index in [0.29, 0.717) is 30.1 Å². The molecule has 40 heavy (non-hydrogen) atoms. The van der Waals surface area contributed by atoms with Crippen LogP contribution in [0.2, 0.25) is 0 Å². The molecule has 0 aliphatic carbocycles. The van der Waals surface area contributed by atoms with E-state index in [1.165, 1.54) is 0 Å². The van der Waals surface area contributed by atoms with Crippen LogP contribution in [0.1, 0.15) is 38.2 Å². The number of benzene rings is 1. The molecular weight excluding hydrogens is 512 g/mol. The predicted octanol–water partition coefficient (Wildman–Crippen LogP) is 2.40. The van der Waals surface area contributed by atoms with Gasteiger partial charge in [0.1, 0.15) is 17.3 Å². The number of imidazole rings is 1. The van der Waals surface area contributed by atoms with E-state index in [-0.39, 0.29) is 24.1 Å². The number of anilines is 1. The van der Waals surface area contributed by atoms with Gasteiger partial charge in [-0.1, -0.05) is 25.5 Å². The smallest absolute Gasteiger partial charge is 0.327 e. The summed E-state index contributed by atoms with van der Waals surface area (Å²) in [5.41, 5.74) is 7.91. The van der Waals surface area contributed by atoms with Gasteiger partial charge in [0.15, 0.2) is 18.1 Å². The number of hydrogen-bond donors (Lipinski definition) is 2. The molecule has 3 N–H and O–H groups in total. The molecule has 216 valence electrons. The van der Waals surface area contributed by atoms with Gasteiger partial charge in [-0.25, -0.2) is 4.79 Å². The number of nitrogens with zero attached hydrogens (tertiary/aromatic N) is 6. The zero-order valence-electron chi connectivity index (χ0n) is 23.3. The Morgan fingerprint density at radius 3 is 2.58 bits per heavy atom. The van der Waals surface area contributed by atoms with Crippen LogP contribution in [-0.4, -0.2) is 88.5 Å². The summed E-state index contributed by atoms with van der Waals surface area (Å²) in [6.45, 7) is 10.2. The quantitative estimate of drug-likeness (QED) is 0.254. The molecule has 1 fully saturated rings. The summed E-state index contributed by atoms with van der Waals surface area (Å²) in [4.78, 5) is 29.1. The van der Waals surface area contributed by atoms with Crippen LogP contribution in [0.25, 0.3) is 11.2 Å². The summed E-state index contributed by atoms with van der Waals surface area (Å²) >= 11 is 0. The van der Waals surface area contributed by atoms with E-state index in [4.69, 9.17) is 25.2 Å². The van der Waals surface area contributed by atoms with E-state index in [0.717, 1.165) is 83.7 Å². The van der Waals surface area contributed by atoms with Crippen molar-refractivity contribution in [1.29, 1.82) is 5.26 Å². The monoisotopic (exact) mass is 552 g/mol. The maximum atomic E-state index is 12.8. The number of rotatable bonds is 16. The van der Waals surface area contributed by atoms with Crippen molar-refractivity contribution in [3.8, 4) is 17.8 Å². The van der Waals surface area contributed by atoms with Crippen LogP contribution in [0.5, 0.6) is 11.8 Å². The highest BCUT2D eigenvalue weighted by atomic mass is 16.5. The van der Waals surface area contributed by atoms with E-state index in [9.17, 15) is 4.79 Å². The van der Waals surface area contributed by atoms with Gasteiger partial charge >= 0.3 is 11.7 Å². The summed E-state index contributed by atoms with van der Waals surface area (Å²) in [7, 11) is 0. The minimum absolute atomic E-state index is 0.0309. The summed E-state index contributed by atoms with van der Waals surface area (Å²) in [5.74, 6) is 0.890. The number of unbranched alkanes of at least 4 members (excludes halogenated alkanes) is 1. The van der Waals surface area contributed by atoms with Gasteiger partial charge in [0, 0.05) is 32.7 Å². The number of aromatic amines is 1. The minimum Gasteiger partial charge on any atom is -0.479 e. The van der Waals surface area contributed by atoms with Crippen molar-refractivity contribution in [3.63, 3.8) is 0 Å². The molecule has 2 aromatic heterocycles. The predicted molar refractivity (Wildman–Crippen MR) is 152 cm³/mol. The van der Waals surface area contributed by atoms with Gasteiger partial charge in [-0.05, 0) is 50.0 Å². The number of morpholine rings is 1. The Morgan fingerprint density at radius 1 is 1.10 bits per heavy atom. The van der Waals surface area contributed by atoms with E-state index < -0.39 is 0 Å². The highest BCUT2D eigenvalue weighted by Gasteiger charge is 2.16. The molecule has 0 saturated carbocycles. The standard InChI is InChI=1S/C28H40N8O4/c1-2-3-17-40-27-32-25(30)24-26(33-27)36(28(37)31-24)14-5-13-35(12-4-11-34-15-19-38-20-16-34)21-22-6-8-23(9-7-22)39-18-10-29/h6-9H,2-5,11-21H2,1H3,(H,31,37)(H2,30,32,33). The Labute approximate surface area is 234 Å². The SMILES string of the molecule is CCCCOc1nc(N)c2[nH]c(=O)n(CCCN(CCCN3CCOCC3)Cc3ccc(OCC#N)cc3)c2n1. The molecule has 0 atom stereocenters. The fraction of sp³-hybridized carbons (Fsp3) is 0.571. The van der Waals surface area contributed by atoms with Gasteiger partial charge in [-0.3, -0.25) is 14.4 Å². The van der Waals surface area contributed by atoms with Gasteiger partial charge < -0.3 is 24.9 Å². The molecule has 0 unspecified atom stereocenters. The van der Waals surface area contributed by atoms with Crippen LogP contribution in [0.15, 0.2) is 29.1 Å². The van der Waals surface area contributed by atoms with Crippen molar-refractivity contribution in [2.24, 2.45) is 0 Å². The van der Waals surface area contributed by atoms with Crippen molar-refractivity contribution >= 4 is 17.0 Å².